The quantitative estimate of drug-likeness (QED) is 0.845. The second kappa shape index (κ2) is 6.96. The summed E-state index contributed by atoms with van der Waals surface area (Å²) in [6, 6.07) is 16.3. The molecule has 0 aromatic heterocycles. The fraction of sp³-hybridized carbons (Fsp3) is 0.278. The van der Waals surface area contributed by atoms with E-state index in [0.29, 0.717) is 11.1 Å². The van der Waals surface area contributed by atoms with Crippen LogP contribution < -0.4 is 4.90 Å². The van der Waals surface area contributed by atoms with Crippen LogP contribution in [0.3, 0.4) is 0 Å². The van der Waals surface area contributed by atoms with Crippen molar-refractivity contribution in [2.24, 2.45) is 0 Å². The summed E-state index contributed by atoms with van der Waals surface area (Å²) in [6.07, 6.45) is 1.19. The molecule has 4 nitrogen and oxygen atoms in total. The molecule has 1 amide bonds. The van der Waals surface area contributed by atoms with Crippen molar-refractivity contribution in [3.8, 4) is 0 Å². The summed E-state index contributed by atoms with van der Waals surface area (Å²) in [7, 11) is -3.13. The lowest BCUT2D eigenvalue weighted by atomic mass is 10.1. The van der Waals surface area contributed by atoms with Crippen LogP contribution in [0.4, 0.5) is 5.69 Å². The van der Waals surface area contributed by atoms with Gasteiger partial charge in [-0.05, 0) is 43.7 Å². The molecule has 0 fully saturated rings. The van der Waals surface area contributed by atoms with Crippen LogP contribution in [0.5, 0.6) is 0 Å². The topological polar surface area (TPSA) is 54.5 Å². The third kappa shape index (κ3) is 4.66. The number of anilines is 1. The maximum atomic E-state index is 12.9. The minimum absolute atomic E-state index is 0.0107. The Hall–Kier alpha value is -2.14. The fourth-order valence-electron chi connectivity index (χ4n) is 2.47. The molecule has 2 rings (SSSR count). The van der Waals surface area contributed by atoms with Gasteiger partial charge in [0.05, 0.1) is 5.75 Å². The van der Waals surface area contributed by atoms with Crippen molar-refractivity contribution in [1.29, 1.82) is 0 Å². The van der Waals surface area contributed by atoms with Gasteiger partial charge in [0.25, 0.3) is 5.91 Å². The zero-order valence-electron chi connectivity index (χ0n) is 13.6. The van der Waals surface area contributed by atoms with Gasteiger partial charge in [-0.1, -0.05) is 30.3 Å². The zero-order chi connectivity index (χ0) is 17.0. The molecule has 0 unspecified atom stereocenters. The predicted octanol–water partition coefficient (Wildman–Crippen LogP) is 3.29. The number of carbonyl (C=O) groups excluding carboxylic acids is 1. The molecular formula is C18H21NO3S. The maximum absolute atomic E-state index is 12.9. The highest BCUT2D eigenvalue weighted by molar-refractivity contribution is 7.89. The molecule has 0 radical (unpaired) electrons. The number of sulfone groups is 1. The molecule has 2 aromatic rings. The largest absolute Gasteiger partial charge is 0.306 e. The van der Waals surface area contributed by atoms with Crippen molar-refractivity contribution >= 4 is 21.4 Å². The van der Waals surface area contributed by atoms with Crippen molar-refractivity contribution in [2.45, 2.75) is 25.6 Å². The van der Waals surface area contributed by atoms with Crippen LogP contribution in [0.25, 0.3) is 0 Å². The molecule has 0 aliphatic heterocycles. The summed E-state index contributed by atoms with van der Waals surface area (Å²) in [6.45, 7) is 3.90. The monoisotopic (exact) mass is 331 g/mol. The molecule has 0 N–H and O–H groups in total. The van der Waals surface area contributed by atoms with Gasteiger partial charge in [-0.3, -0.25) is 4.79 Å². The molecule has 0 spiro atoms. The Morgan fingerprint density at radius 3 is 2.26 bits per heavy atom. The van der Waals surface area contributed by atoms with E-state index >= 15 is 0 Å². The molecule has 0 saturated carbocycles. The maximum Gasteiger partial charge on any atom is 0.258 e. The highest BCUT2D eigenvalue weighted by Gasteiger charge is 2.21. The van der Waals surface area contributed by atoms with Crippen molar-refractivity contribution < 1.29 is 13.2 Å². The summed E-state index contributed by atoms with van der Waals surface area (Å²) in [5.74, 6) is -0.206. The molecule has 0 saturated heterocycles. The highest BCUT2D eigenvalue weighted by atomic mass is 32.2. The van der Waals surface area contributed by atoms with Crippen molar-refractivity contribution in [3.63, 3.8) is 0 Å². The molecule has 0 bridgehead atoms. The van der Waals surface area contributed by atoms with Gasteiger partial charge in [-0.15, -0.1) is 0 Å². The Balaban J connectivity index is 2.36. The number of para-hydroxylation sites is 1. The van der Waals surface area contributed by atoms with Gasteiger partial charge >= 0.3 is 0 Å². The normalized spacial score (nSPS) is 11.5. The number of amides is 1. The minimum atomic E-state index is -3.13. The van der Waals surface area contributed by atoms with E-state index in [-0.39, 0.29) is 17.7 Å². The van der Waals surface area contributed by atoms with E-state index in [4.69, 9.17) is 0 Å². The molecule has 2 aromatic carbocycles. The molecule has 0 aliphatic rings. The Morgan fingerprint density at radius 1 is 1.04 bits per heavy atom. The van der Waals surface area contributed by atoms with Crippen LogP contribution in [0, 0.1) is 0 Å². The van der Waals surface area contributed by atoms with Gasteiger partial charge in [-0.2, -0.15) is 0 Å². The van der Waals surface area contributed by atoms with Crippen LogP contribution in [-0.2, 0) is 15.6 Å². The van der Waals surface area contributed by atoms with Crippen LogP contribution >= 0.6 is 0 Å². The third-order valence-corrected chi connectivity index (χ3v) is 4.23. The van der Waals surface area contributed by atoms with Crippen LogP contribution in [-0.4, -0.2) is 26.6 Å². The Morgan fingerprint density at radius 2 is 1.70 bits per heavy atom. The number of hydrogen-bond donors (Lipinski definition) is 0. The first-order chi connectivity index (χ1) is 10.8. The summed E-state index contributed by atoms with van der Waals surface area (Å²) in [5.41, 5.74) is 1.93. The predicted molar refractivity (Wildman–Crippen MR) is 93.4 cm³/mol. The first-order valence-electron chi connectivity index (χ1n) is 7.43. The van der Waals surface area contributed by atoms with Gasteiger partial charge < -0.3 is 4.90 Å². The van der Waals surface area contributed by atoms with Crippen LogP contribution in [0.1, 0.15) is 29.8 Å². The summed E-state index contributed by atoms with van der Waals surface area (Å²) in [4.78, 5) is 14.6. The van der Waals surface area contributed by atoms with Crippen molar-refractivity contribution in [2.75, 3.05) is 11.2 Å². The third-order valence-electron chi connectivity index (χ3n) is 3.37. The standard InChI is InChI=1S/C18H21NO3S/c1-14(2)19(17-10-5-4-6-11-17)18(20)16-9-7-8-15(12-16)13-23(3,21)22/h4-12,14H,13H2,1-3H3. The average Bonchev–Trinajstić information content (AvgIpc) is 2.46. The number of nitrogens with zero attached hydrogens (tertiary/aromatic N) is 1. The second-order valence-electron chi connectivity index (χ2n) is 5.87. The molecule has 0 heterocycles. The Labute approximate surface area is 137 Å². The summed E-state index contributed by atoms with van der Waals surface area (Å²) >= 11 is 0. The van der Waals surface area contributed by atoms with Crippen molar-refractivity contribution in [3.05, 3.63) is 65.7 Å². The Kier molecular flexibility index (Phi) is 5.21. The molecule has 23 heavy (non-hydrogen) atoms. The number of benzene rings is 2. The van der Waals surface area contributed by atoms with Crippen LogP contribution in [0.2, 0.25) is 0 Å². The summed E-state index contributed by atoms with van der Waals surface area (Å²) < 4.78 is 22.9. The lowest BCUT2D eigenvalue weighted by molar-refractivity contribution is 0.0980. The molecule has 122 valence electrons. The first-order valence-corrected chi connectivity index (χ1v) is 9.49. The second-order valence-corrected chi connectivity index (χ2v) is 8.02. The van der Waals surface area contributed by atoms with E-state index in [9.17, 15) is 13.2 Å². The van der Waals surface area contributed by atoms with Gasteiger partial charge in [0.2, 0.25) is 0 Å². The van der Waals surface area contributed by atoms with Crippen molar-refractivity contribution in [1.82, 2.24) is 0 Å². The summed E-state index contributed by atoms with van der Waals surface area (Å²) in [5, 5.41) is 0. The number of hydrogen-bond acceptors (Lipinski definition) is 3. The van der Waals surface area contributed by atoms with E-state index in [2.05, 4.69) is 0 Å². The van der Waals surface area contributed by atoms with Gasteiger partial charge in [0.1, 0.15) is 0 Å². The smallest absolute Gasteiger partial charge is 0.258 e. The average molecular weight is 331 g/mol. The SMILES string of the molecule is CC(C)N(C(=O)c1cccc(CS(C)(=O)=O)c1)c1ccccc1. The van der Waals surface area contributed by atoms with E-state index in [1.165, 1.54) is 6.26 Å². The zero-order valence-corrected chi connectivity index (χ0v) is 14.4. The highest BCUT2D eigenvalue weighted by Crippen LogP contribution is 2.20. The Bertz CT molecular complexity index is 783. The molecule has 0 atom stereocenters. The molecule has 5 heteroatoms. The molecular weight excluding hydrogens is 310 g/mol. The van der Waals surface area contributed by atoms with E-state index in [0.717, 1.165) is 5.69 Å². The van der Waals surface area contributed by atoms with E-state index in [1.807, 2.05) is 44.2 Å². The lowest BCUT2D eigenvalue weighted by Crippen LogP contribution is -2.37. The van der Waals surface area contributed by atoms with E-state index in [1.54, 1.807) is 29.2 Å². The van der Waals surface area contributed by atoms with Gasteiger partial charge in [0.15, 0.2) is 9.84 Å². The number of carbonyl (C=O) groups is 1. The fourth-order valence-corrected chi connectivity index (χ4v) is 3.26. The van der Waals surface area contributed by atoms with Gasteiger partial charge in [0, 0.05) is 23.5 Å². The minimum Gasteiger partial charge on any atom is -0.306 e. The van der Waals surface area contributed by atoms with E-state index < -0.39 is 9.84 Å². The first kappa shape index (κ1) is 17.2. The molecule has 0 aliphatic carbocycles. The number of rotatable bonds is 5. The van der Waals surface area contributed by atoms with Gasteiger partial charge in [-0.25, -0.2) is 8.42 Å². The van der Waals surface area contributed by atoms with Crippen LogP contribution in [0.15, 0.2) is 54.6 Å². The lowest BCUT2D eigenvalue weighted by Gasteiger charge is -2.27.